The lowest BCUT2D eigenvalue weighted by Crippen LogP contribution is -2.34. The van der Waals surface area contributed by atoms with Crippen molar-refractivity contribution in [2.75, 3.05) is 0 Å². The minimum absolute atomic E-state index is 0.124. The standard InChI is InChI=1S/C20H15N3O6S/c24-18(25)13-21-19(26)22(16-8-2-1-3-9-16)20(27)23(21)30(28,29)17-11-10-14-6-4-5-7-15(14)12-17/h1-12H,13H2,(H,24,25). The molecule has 0 saturated heterocycles. The second-order valence-electron chi connectivity index (χ2n) is 6.44. The van der Waals surface area contributed by atoms with Crippen molar-refractivity contribution in [2.45, 2.75) is 11.4 Å². The highest BCUT2D eigenvalue weighted by Gasteiger charge is 2.29. The molecule has 0 bridgehead atoms. The van der Waals surface area contributed by atoms with Gasteiger partial charge in [-0.3, -0.25) is 4.79 Å². The molecule has 4 rings (SSSR count). The van der Waals surface area contributed by atoms with Crippen LogP contribution in [0, 0.1) is 0 Å². The third-order valence-electron chi connectivity index (χ3n) is 4.53. The molecule has 0 radical (unpaired) electrons. The number of para-hydroxylation sites is 1. The zero-order chi connectivity index (χ0) is 21.5. The van der Waals surface area contributed by atoms with Crippen LogP contribution in [0.3, 0.4) is 0 Å². The zero-order valence-electron chi connectivity index (χ0n) is 15.4. The molecule has 0 aliphatic rings. The Bertz CT molecular complexity index is 1500. The first kappa shape index (κ1) is 19.4. The molecular formula is C20H15N3O6S. The van der Waals surface area contributed by atoms with Crippen LogP contribution in [0.5, 0.6) is 0 Å². The highest BCUT2D eigenvalue weighted by molar-refractivity contribution is 7.89. The molecule has 1 N–H and O–H groups in total. The van der Waals surface area contributed by atoms with Crippen LogP contribution < -0.4 is 11.4 Å². The molecule has 3 aromatic carbocycles. The minimum atomic E-state index is -4.56. The lowest BCUT2D eigenvalue weighted by molar-refractivity contribution is -0.138. The van der Waals surface area contributed by atoms with Crippen LogP contribution in [0.4, 0.5) is 0 Å². The van der Waals surface area contributed by atoms with Crippen molar-refractivity contribution in [3.8, 4) is 5.69 Å². The van der Waals surface area contributed by atoms with E-state index in [2.05, 4.69) is 0 Å². The highest BCUT2D eigenvalue weighted by Crippen LogP contribution is 2.20. The number of aromatic nitrogens is 3. The minimum Gasteiger partial charge on any atom is -0.480 e. The fourth-order valence-corrected chi connectivity index (χ4v) is 4.57. The van der Waals surface area contributed by atoms with Crippen molar-refractivity contribution in [3.63, 3.8) is 0 Å². The van der Waals surface area contributed by atoms with Gasteiger partial charge in [-0.15, -0.1) is 4.09 Å². The zero-order valence-corrected chi connectivity index (χ0v) is 16.2. The van der Waals surface area contributed by atoms with Gasteiger partial charge < -0.3 is 5.11 Å². The number of aliphatic carboxylic acids is 1. The van der Waals surface area contributed by atoms with Gasteiger partial charge in [-0.25, -0.2) is 18.8 Å². The van der Waals surface area contributed by atoms with Gasteiger partial charge in [0.05, 0.1) is 10.6 Å². The topological polar surface area (TPSA) is 120 Å². The van der Waals surface area contributed by atoms with Crippen molar-refractivity contribution < 1.29 is 18.3 Å². The third-order valence-corrected chi connectivity index (χ3v) is 6.19. The first-order chi connectivity index (χ1) is 14.3. The summed E-state index contributed by atoms with van der Waals surface area (Å²) in [6, 6.07) is 19.0. The number of fused-ring (bicyclic) bond motifs is 1. The fraction of sp³-hybridized carbons (Fsp3) is 0.0500. The van der Waals surface area contributed by atoms with Gasteiger partial charge in [-0.1, -0.05) is 48.5 Å². The molecular weight excluding hydrogens is 410 g/mol. The second-order valence-corrected chi connectivity index (χ2v) is 8.21. The van der Waals surface area contributed by atoms with Crippen LogP contribution in [-0.4, -0.2) is 32.8 Å². The van der Waals surface area contributed by atoms with E-state index in [1.165, 1.54) is 24.3 Å². The molecule has 0 saturated carbocycles. The van der Waals surface area contributed by atoms with Crippen molar-refractivity contribution in [1.29, 1.82) is 0 Å². The molecule has 30 heavy (non-hydrogen) atoms. The number of carboxylic acids is 1. The van der Waals surface area contributed by atoms with Gasteiger partial charge in [0.15, 0.2) is 0 Å². The van der Waals surface area contributed by atoms with Crippen molar-refractivity contribution >= 4 is 26.8 Å². The molecule has 0 atom stereocenters. The van der Waals surface area contributed by atoms with Gasteiger partial charge >= 0.3 is 17.3 Å². The monoisotopic (exact) mass is 425 g/mol. The lowest BCUT2D eigenvalue weighted by Gasteiger charge is -2.09. The van der Waals surface area contributed by atoms with Gasteiger partial charge in [-0.2, -0.15) is 8.42 Å². The van der Waals surface area contributed by atoms with E-state index in [9.17, 15) is 27.9 Å². The predicted molar refractivity (Wildman–Crippen MR) is 108 cm³/mol. The molecule has 0 aliphatic heterocycles. The number of rotatable bonds is 5. The maximum absolute atomic E-state index is 13.3. The number of carboxylic acid groups (broad SMARTS) is 1. The molecule has 0 fully saturated rings. The van der Waals surface area contributed by atoms with E-state index >= 15 is 0 Å². The van der Waals surface area contributed by atoms with E-state index in [4.69, 9.17) is 0 Å². The molecule has 4 aromatic rings. The Morgan fingerprint density at radius 1 is 0.833 bits per heavy atom. The summed E-state index contributed by atoms with van der Waals surface area (Å²) in [6.45, 7) is -0.999. The van der Waals surface area contributed by atoms with Crippen molar-refractivity contribution in [3.05, 3.63) is 93.8 Å². The van der Waals surface area contributed by atoms with Crippen LogP contribution in [0.15, 0.2) is 87.3 Å². The Balaban J connectivity index is 2.02. The van der Waals surface area contributed by atoms with Gasteiger partial charge in [0.1, 0.15) is 6.54 Å². The number of benzene rings is 3. The van der Waals surface area contributed by atoms with Gasteiger partial charge in [0.2, 0.25) is 0 Å². The van der Waals surface area contributed by atoms with E-state index in [0.717, 1.165) is 5.39 Å². The van der Waals surface area contributed by atoms with Crippen LogP contribution in [0.2, 0.25) is 0 Å². The van der Waals surface area contributed by atoms with E-state index in [0.29, 0.717) is 14.6 Å². The Kier molecular flexibility index (Phi) is 4.63. The Labute approximate surface area is 169 Å². The molecule has 10 heteroatoms. The summed E-state index contributed by atoms with van der Waals surface area (Å²) in [6.07, 6.45) is 0. The number of nitrogens with zero attached hydrogens (tertiary/aromatic N) is 3. The quantitative estimate of drug-likeness (QED) is 0.514. The van der Waals surface area contributed by atoms with Crippen LogP contribution in [0.25, 0.3) is 16.5 Å². The molecule has 1 heterocycles. The highest BCUT2D eigenvalue weighted by atomic mass is 32.2. The van der Waals surface area contributed by atoms with E-state index in [-0.39, 0.29) is 14.7 Å². The SMILES string of the molecule is O=C(O)Cn1c(=O)n(-c2ccccc2)c(=O)n1S(=O)(=O)c1ccc2ccccc2c1. The summed E-state index contributed by atoms with van der Waals surface area (Å²) in [4.78, 5) is 36.9. The van der Waals surface area contributed by atoms with Crippen LogP contribution in [-0.2, 0) is 21.4 Å². The van der Waals surface area contributed by atoms with E-state index in [1.807, 2.05) is 0 Å². The average molecular weight is 425 g/mol. The van der Waals surface area contributed by atoms with Crippen molar-refractivity contribution in [2.24, 2.45) is 0 Å². The Morgan fingerprint density at radius 3 is 2.13 bits per heavy atom. The van der Waals surface area contributed by atoms with Crippen LogP contribution in [0.1, 0.15) is 0 Å². The number of carbonyl (C=O) groups is 1. The predicted octanol–water partition coefficient (Wildman–Crippen LogP) is 1.28. The molecule has 9 nitrogen and oxygen atoms in total. The first-order valence-electron chi connectivity index (χ1n) is 8.77. The number of hydrogen-bond acceptors (Lipinski definition) is 5. The number of hydrogen-bond donors (Lipinski definition) is 1. The summed E-state index contributed by atoms with van der Waals surface area (Å²) in [5.74, 6) is -1.47. The van der Waals surface area contributed by atoms with Crippen molar-refractivity contribution in [1.82, 2.24) is 13.3 Å². The Morgan fingerprint density at radius 2 is 1.47 bits per heavy atom. The Hall–Kier alpha value is -3.92. The van der Waals surface area contributed by atoms with E-state index in [1.54, 1.807) is 48.5 Å². The molecule has 0 aliphatic carbocycles. The van der Waals surface area contributed by atoms with Gasteiger partial charge in [-0.05, 0) is 35.0 Å². The first-order valence-corrected chi connectivity index (χ1v) is 10.2. The maximum atomic E-state index is 13.3. The molecule has 0 unspecified atom stereocenters. The summed E-state index contributed by atoms with van der Waals surface area (Å²) in [5.41, 5.74) is -2.13. The normalized spacial score (nSPS) is 11.6. The summed E-state index contributed by atoms with van der Waals surface area (Å²) < 4.78 is 27.8. The average Bonchev–Trinajstić information content (AvgIpc) is 2.97. The van der Waals surface area contributed by atoms with E-state index < -0.39 is 33.9 Å². The summed E-state index contributed by atoms with van der Waals surface area (Å²) in [7, 11) is -4.56. The molecule has 0 amide bonds. The second kappa shape index (κ2) is 7.16. The van der Waals surface area contributed by atoms with Gasteiger partial charge in [0, 0.05) is 0 Å². The fourth-order valence-electron chi connectivity index (χ4n) is 3.18. The maximum Gasteiger partial charge on any atom is 0.366 e. The third kappa shape index (κ3) is 3.12. The molecule has 0 spiro atoms. The molecule has 152 valence electrons. The molecule has 1 aromatic heterocycles. The lowest BCUT2D eigenvalue weighted by atomic mass is 10.1. The largest absolute Gasteiger partial charge is 0.480 e. The van der Waals surface area contributed by atoms with Crippen LogP contribution >= 0.6 is 0 Å². The van der Waals surface area contributed by atoms with Gasteiger partial charge in [0.25, 0.3) is 10.0 Å². The summed E-state index contributed by atoms with van der Waals surface area (Å²) in [5, 5.41) is 10.6. The smallest absolute Gasteiger partial charge is 0.366 e. The summed E-state index contributed by atoms with van der Waals surface area (Å²) >= 11 is 0.